The zero-order valence-corrected chi connectivity index (χ0v) is 12.5. The van der Waals surface area contributed by atoms with Gasteiger partial charge in [-0.1, -0.05) is 24.0 Å². The maximum atomic E-state index is 12.2. The minimum Gasteiger partial charge on any atom is -0.395 e. The van der Waals surface area contributed by atoms with E-state index in [1.165, 1.54) is 4.90 Å². The van der Waals surface area contributed by atoms with Gasteiger partial charge in [0.25, 0.3) is 5.91 Å². The molecular weight excluding hydrogens is 268 g/mol. The fourth-order valence-electron chi connectivity index (χ4n) is 1.73. The number of hydrogen-bond acceptors (Lipinski definition) is 3. The number of carbonyl (C=O) groups is 2. The van der Waals surface area contributed by atoms with Crippen LogP contribution in [0.1, 0.15) is 29.3 Å². The monoisotopic (exact) mass is 288 g/mol. The highest BCUT2D eigenvalue weighted by Gasteiger charge is 2.19. The number of nitrogens with one attached hydrogen (secondary N) is 1. The SMILES string of the molecule is CC(NC(=O)c1ccccc1C#CCCO)C(=O)N(C)C. The first-order valence-corrected chi connectivity index (χ1v) is 6.68. The van der Waals surface area contributed by atoms with Gasteiger partial charge in [-0.25, -0.2) is 0 Å². The van der Waals surface area contributed by atoms with E-state index in [1.54, 1.807) is 45.3 Å². The van der Waals surface area contributed by atoms with E-state index >= 15 is 0 Å². The Morgan fingerprint density at radius 1 is 1.33 bits per heavy atom. The predicted octanol–water partition coefficient (Wildman–Crippen LogP) is 0.627. The number of aliphatic hydroxyl groups is 1. The van der Waals surface area contributed by atoms with Crippen LogP contribution in [0.5, 0.6) is 0 Å². The third kappa shape index (κ3) is 4.93. The standard InChI is InChI=1S/C16H20N2O3/c1-12(16(21)18(2)3)17-15(20)14-10-5-4-8-13(14)9-6-7-11-19/h4-5,8,10,12,19H,7,11H2,1-3H3,(H,17,20). The average Bonchev–Trinajstić information content (AvgIpc) is 2.46. The normalized spacial score (nSPS) is 11.0. The Balaban J connectivity index is 2.88. The molecule has 1 aromatic rings. The molecule has 112 valence electrons. The first-order valence-electron chi connectivity index (χ1n) is 6.68. The minimum absolute atomic E-state index is 0.0181. The average molecular weight is 288 g/mol. The molecule has 2 N–H and O–H groups in total. The number of nitrogens with zero attached hydrogens (tertiary/aromatic N) is 1. The van der Waals surface area contributed by atoms with Gasteiger partial charge < -0.3 is 15.3 Å². The second-order valence-electron chi connectivity index (χ2n) is 4.75. The lowest BCUT2D eigenvalue weighted by atomic mass is 10.1. The molecule has 0 aliphatic rings. The zero-order valence-electron chi connectivity index (χ0n) is 12.5. The predicted molar refractivity (Wildman–Crippen MR) is 80.6 cm³/mol. The molecule has 0 bridgehead atoms. The van der Waals surface area contributed by atoms with Crippen molar-refractivity contribution in [2.75, 3.05) is 20.7 Å². The molecule has 0 fully saturated rings. The van der Waals surface area contributed by atoms with Crippen LogP contribution >= 0.6 is 0 Å². The lowest BCUT2D eigenvalue weighted by Gasteiger charge is -2.18. The number of likely N-dealkylation sites (N-methyl/N-ethyl adjacent to an activating group) is 1. The summed E-state index contributed by atoms with van der Waals surface area (Å²) in [4.78, 5) is 25.4. The van der Waals surface area contributed by atoms with Crippen molar-refractivity contribution in [1.29, 1.82) is 0 Å². The first kappa shape index (κ1) is 16.7. The van der Waals surface area contributed by atoms with Crippen LogP contribution in [0.15, 0.2) is 24.3 Å². The summed E-state index contributed by atoms with van der Waals surface area (Å²) in [5.41, 5.74) is 0.995. The van der Waals surface area contributed by atoms with Gasteiger partial charge in [0.15, 0.2) is 0 Å². The largest absolute Gasteiger partial charge is 0.395 e. The van der Waals surface area contributed by atoms with Crippen LogP contribution in [0.2, 0.25) is 0 Å². The molecule has 1 rings (SSSR count). The highest BCUT2D eigenvalue weighted by Crippen LogP contribution is 2.08. The maximum absolute atomic E-state index is 12.2. The van der Waals surface area contributed by atoms with E-state index in [0.29, 0.717) is 17.5 Å². The summed E-state index contributed by atoms with van der Waals surface area (Å²) in [5, 5.41) is 11.4. The van der Waals surface area contributed by atoms with Gasteiger partial charge in [0.2, 0.25) is 5.91 Å². The van der Waals surface area contributed by atoms with Crippen molar-refractivity contribution in [3.05, 3.63) is 35.4 Å². The number of benzene rings is 1. The number of carbonyl (C=O) groups excluding carboxylic acids is 2. The van der Waals surface area contributed by atoms with E-state index in [2.05, 4.69) is 17.2 Å². The van der Waals surface area contributed by atoms with E-state index in [9.17, 15) is 9.59 Å². The highest BCUT2D eigenvalue weighted by molar-refractivity contribution is 5.99. The lowest BCUT2D eigenvalue weighted by molar-refractivity contribution is -0.130. The fraction of sp³-hybridized carbons (Fsp3) is 0.375. The molecule has 5 heteroatoms. The van der Waals surface area contributed by atoms with Crippen molar-refractivity contribution in [1.82, 2.24) is 10.2 Å². The number of hydrogen-bond donors (Lipinski definition) is 2. The van der Waals surface area contributed by atoms with Gasteiger partial charge in [0.05, 0.1) is 12.2 Å². The van der Waals surface area contributed by atoms with Crippen LogP contribution in [0, 0.1) is 11.8 Å². The third-order valence-corrected chi connectivity index (χ3v) is 2.79. The molecule has 2 amide bonds. The molecule has 0 saturated heterocycles. The maximum Gasteiger partial charge on any atom is 0.253 e. The Labute approximate surface area is 125 Å². The molecule has 1 aromatic carbocycles. The molecule has 0 saturated carbocycles. The zero-order chi connectivity index (χ0) is 15.8. The van der Waals surface area contributed by atoms with Gasteiger partial charge >= 0.3 is 0 Å². The Kier molecular flexibility index (Phi) is 6.44. The lowest BCUT2D eigenvalue weighted by Crippen LogP contribution is -2.44. The Hall–Kier alpha value is -2.32. The second kappa shape index (κ2) is 8.08. The van der Waals surface area contributed by atoms with Crippen LogP contribution in [-0.2, 0) is 4.79 Å². The van der Waals surface area contributed by atoms with Crippen LogP contribution in [0.25, 0.3) is 0 Å². The quantitative estimate of drug-likeness (QED) is 0.798. The summed E-state index contributed by atoms with van der Waals surface area (Å²) in [7, 11) is 3.28. The molecular formula is C16H20N2O3. The van der Waals surface area contributed by atoms with E-state index in [4.69, 9.17) is 5.11 Å². The Morgan fingerprint density at radius 2 is 2.00 bits per heavy atom. The van der Waals surface area contributed by atoms with Crippen LogP contribution in [0.3, 0.4) is 0 Å². The van der Waals surface area contributed by atoms with Crippen molar-refractivity contribution in [3.63, 3.8) is 0 Å². The second-order valence-corrected chi connectivity index (χ2v) is 4.75. The molecule has 1 unspecified atom stereocenters. The van der Waals surface area contributed by atoms with E-state index < -0.39 is 6.04 Å². The topological polar surface area (TPSA) is 69.6 Å². The summed E-state index contributed by atoms with van der Waals surface area (Å²) in [6.45, 7) is 1.62. The van der Waals surface area contributed by atoms with E-state index in [0.717, 1.165) is 0 Å². The van der Waals surface area contributed by atoms with Crippen LogP contribution in [-0.4, -0.2) is 48.6 Å². The van der Waals surface area contributed by atoms with Gasteiger partial charge in [-0.15, -0.1) is 0 Å². The van der Waals surface area contributed by atoms with Crippen molar-refractivity contribution in [2.24, 2.45) is 0 Å². The van der Waals surface area contributed by atoms with Crippen molar-refractivity contribution >= 4 is 11.8 Å². The minimum atomic E-state index is -0.606. The molecule has 21 heavy (non-hydrogen) atoms. The van der Waals surface area contributed by atoms with Crippen LogP contribution < -0.4 is 5.32 Å². The molecule has 0 radical (unpaired) electrons. The molecule has 0 aliphatic carbocycles. The van der Waals surface area contributed by atoms with Crippen molar-refractivity contribution in [2.45, 2.75) is 19.4 Å². The summed E-state index contributed by atoms with van der Waals surface area (Å²) in [6.07, 6.45) is 0.353. The fourth-order valence-corrected chi connectivity index (χ4v) is 1.73. The summed E-state index contributed by atoms with van der Waals surface area (Å²) in [6, 6.07) is 6.31. The van der Waals surface area contributed by atoms with Crippen molar-refractivity contribution < 1.29 is 14.7 Å². The van der Waals surface area contributed by atoms with E-state index in [-0.39, 0.29) is 18.4 Å². The summed E-state index contributed by atoms with van der Waals surface area (Å²) in [5.74, 6) is 5.12. The smallest absolute Gasteiger partial charge is 0.253 e. The first-order chi connectivity index (χ1) is 9.97. The number of rotatable bonds is 4. The van der Waals surface area contributed by atoms with E-state index in [1.807, 2.05) is 0 Å². The molecule has 0 spiro atoms. The summed E-state index contributed by atoms with van der Waals surface area (Å²) < 4.78 is 0. The molecule has 0 aromatic heterocycles. The molecule has 0 heterocycles. The molecule has 5 nitrogen and oxygen atoms in total. The van der Waals surface area contributed by atoms with Crippen LogP contribution in [0.4, 0.5) is 0 Å². The van der Waals surface area contributed by atoms with Gasteiger partial charge in [0.1, 0.15) is 6.04 Å². The summed E-state index contributed by atoms with van der Waals surface area (Å²) >= 11 is 0. The number of aliphatic hydroxyl groups excluding tert-OH is 1. The number of amides is 2. The third-order valence-electron chi connectivity index (χ3n) is 2.79. The van der Waals surface area contributed by atoms with Crippen molar-refractivity contribution in [3.8, 4) is 11.8 Å². The molecule has 1 atom stereocenters. The Bertz CT molecular complexity index is 570. The van der Waals surface area contributed by atoms with Gasteiger partial charge in [0, 0.05) is 26.1 Å². The molecule has 0 aliphatic heterocycles. The van der Waals surface area contributed by atoms with Gasteiger partial charge in [-0.05, 0) is 19.1 Å². The Morgan fingerprint density at radius 3 is 2.62 bits per heavy atom. The van der Waals surface area contributed by atoms with Gasteiger partial charge in [-0.2, -0.15) is 0 Å². The highest BCUT2D eigenvalue weighted by atomic mass is 16.2. The van der Waals surface area contributed by atoms with Gasteiger partial charge in [-0.3, -0.25) is 9.59 Å².